The maximum Gasteiger partial charge on any atom is 0.253 e. The highest BCUT2D eigenvalue weighted by Crippen LogP contribution is 2.15. The second-order valence-corrected chi connectivity index (χ2v) is 6.52. The van der Waals surface area contributed by atoms with E-state index >= 15 is 0 Å². The number of aryl methyl sites for hydroxylation is 1. The molecule has 1 aromatic carbocycles. The summed E-state index contributed by atoms with van der Waals surface area (Å²) in [4.78, 5) is 26.2. The number of hydrogen-bond donors (Lipinski definition) is 2. The molecule has 7 nitrogen and oxygen atoms in total. The summed E-state index contributed by atoms with van der Waals surface area (Å²) in [5, 5.41) is 17.3. The van der Waals surface area contributed by atoms with Crippen molar-refractivity contribution < 1.29 is 14.7 Å². The Bertz CT molecular complexity index is 718. The molecule has 1 aliphatic heterocycles. The highest BCUT2D eigenvalue weighted by atomic mass is 16.3. The standard InChI is InChI=1S/C19H24N4O3/c24-17-14-22(19(26)15-6-2-1-3-7-15)13-9-16(17)21-18(25)8-4-11-23-12-5-10-20-23/h1-3,5-7,10,12,16-17,24H,4,8-9,11,13-14H2,(H,21,25)/t16-,17-/m1/s1. The van der Waals surface area contributed by atoms with Crippen LogP contribution in [0.3, 0.4) is 0 Å². The van der Waals surface area contributed by atoms with Crippen molar-refractivity contribution in [3.8, 4) is 0 Å². The molecule has 0 unspecified atom stereocenters. The van der Waals surface area contributed by atoms with Gasteiger partial charge >= 0.3 is 0 Å². The molecule has 2 atom stereocenters. The van der Waals surface area contributed by atoms with Crippen LogP contribution in [0.15, 0.2) is 48.8 Å². The van der Waals surface area contributed by atoms with E-state index in [9.17, 15) is 14.7 Å². The predicted molar refractivity (Wildman–Crippen MR) is 96.4 cm³/mol. The van der Waals surface area contributed by atoms with Gasteiger partial charge in [0.15, 0.2) is 0 Å². The monoisotopic (exact) mass is 356 g/mol. The number of β-amino-alcohol motifs (C(OH)–C–C–N with tert-alkyl or cyclic N) is 1. The van der Waals surface area contributed by atoms with E-state index in [0.29, 0.717) is 37.9 Å². The van der Waals surface area contributed by atoms with Crippen LogP contribution in [0.2, 0.25) is 0 Å². The lowest BCUT2D eigenvalue weighted by Crippen LogP contribution is -2.55. The zero-order chi connectivity index (χ0) is 18.4. The average molecular weight is 356 g/mol. The van der Waals surface area contributed by atoms with Gasteiger partial charge in [0.1, 0.15) is 0 Å². The Kier molecular flexibility index (Phi) is 6.01. The van der Waals surface area contributed by atoms with Gasteiger partial charge in [-0.15, -0.1) is 0 Å². The lowest BCUT2D eigenvalue weighted by molar-refractivity contribution is -0.123. The summed E-state index contributed by atoms with van der Waals surface area (Å²) in [7, 11) is 0. The first kappa shape index (κ1) is 18.1. The molecule has 2 amide bonds. The molecular formula is C19H24N4O3. The Labute approximate surface area is 152 Å². The van der Waals surface area contributed by atoms with Gasteiger partial charge in [-0.2, -0.15) is 5.10 Å². The highest BCUT2D eigenvalue weighted by Gasteiger charge is 2.31. The minimum atomic E-state index is -0.758. The first-order valence-corrected chi connectivity index (χ1v) is 8.92. The van der Waals surface area contributed by atoms with Crippen molar-refractivity contribution in [1.29, 1.82) is 0 Å². The summed E-state index contributed by atoms with van der Waals surface area (Å²) in [5.41, 5.74) is 0.612. The third-order valence-corrected chi connectivity index (χ3v) is 4.59. The van der Waals surface area contributed by atoms with Crippen molar-refractivity contribution in [3.63, 3.8) is 0 Å². The van der Waals surface area contributed by atoms with Crippen LogP contribution < -0.4 is 5.32 Å². The van der Waals surface area contributed by atoms with Gasteiger partial charge in [0, 0.05) is 44.0 Å². The van der Waals surface area contributed by atoms with Gasteiger partial charge < -0.3 is 15.3 Å². The molecule has 138 valence electrons. The lowest BCUT2D eigenvalue weighted by Gasteiger charge is -2.36. The minimum Gasteiger partial charge on any atom is -0.389 e. The molecule has 1 aliphatic rings. The third-order valence-electron chi connectivity index (χ3n) is 4.59. The molecule has 0 saturated carbocycles. The quantitative estimate of drug-likeness (QED) is 0.810. The third kappa shape index (κ3) is 4.70. The number of aromatic nitrogens is 2. The van der Waals surface area contributed by atoms with Gasteiger partial charge in [-0.1, -0.05) is 18.2 Å². The number of benzene rings is 1. The second kappa shape index (κ2) is 8.62. The number of carbonyl (C=O) groups is 2. The molecule has 26 heavy (non-hydrogen) atoms. The number of rotatable bonds is 6. The number of aliphatic hydroxyl groups is 1. The molecule has 2 heterocycles. The molecule has 1 saturated heterocycles. The fourth-order valence-electron chi connectivity index (χ4n) is 3.16. The largest absolute Gasteiger partial charge is 0.389 e. The number of hydrogen-bond acceptors (Lipinski definition) is 4. The van der Waals surface area contributed by atoms with Crippen LogP contribution in [-0.2, 0) is 11.3 Å². The Morgan fingerprint density at radius 2 is 2.04 bits per heavy atom. The summed E-state index contributed by atoms with van der Waals surface area (Å²) < 4.78 is 1.79. The van der Waals surface area contributed by atoms with Gasteiger partial charge in [0.2, 0.25) is 5.91 Å². The predicted octanol–water partition coefficient (Wildman–Crippen LogP) is 1.06. The van der Waals surface area contributed by atoms with Crippen LogP contribution in [-0.4, -0.2) is 56.8 Å². The molecule has 2 aromatic rings. The minimum absolute atomic E-state index is 0.0796. The molecule has 2 N–H and O–H groups in total. The van der Waals surface area contributed by atoms with Crippen molar-refractivity contribution in [1.82, 2.24) is 20.0 Å². The van der Waals surface area contributed by atoms with E-state index in [-0.39, 0.29) is 24.4 Å². The van der Waals surface area contributed by atoms with E-state index in [1.54, 1.807) is 27.9 Å². The Hall–Kier alpha value is -2.67. The van der Waals surface area contributed by atoms with Crippen LogP contribution in [0.4, 0.5) is 0 Å². The van der Waals surface area contributed by atoms with Crippen LogP contribution in [0.5, 0.6) is 0 Å². The van der Waals surface area contributed by atoms with Crippen molar-refractivity contribution in [2.75, 3.05) is 13.1 Å². The molecule has 0 spiro atoms. The highest BCUT2D eigenvalue weighted by molar-refractivity contribution is 5.94. The molecule has 1 fully saturated rings. The van der Waals surface area contributed by atoms with Crippen LogP contribution in [0.1, 0.15) is 29.6 Å². The summed E-state index contributed by atoms with van der Waals surface area (Å²) in [5.74, 6) is -0.169. The Morgan fingerprint density at radius 3 is 2.73 bits per heavy atom. The fourth-order valence-corrected chi connectivity index (χ4v) is 3.16. The van der Waals surface area contributed by atoms with E-state index in [4.69, 9.17) is 0 Å². The van der Waals surface area contributed by atoms with Gasteiger partial charge in [-0.25, -0.2) is 0 Å². The van der Waals surface area contributed by atoms with Crippen molar-refractivity contribution in [2.24, 2.45) is 0 Å². The first-order chi connectivity index (χ1) is 12.6. The molecular weight excluding hydrogens is 332 g/mol. The molecule has 0 aliphatic carbocycles. The summed E-state index contributed by atoms with van der Waals surface area (Å²) in [6, 6.07) is 10.6. The molecule has 3 rings (SSSR count). The van der Waals surface area contributed by atoms with E-state index in [1.165, 1.54) is 0 Å². The fraction of sp³-hybridized carbons (Fsp3) is 0.421. The van der Waals surface area contributed by atoms with Gasteiger partial charge in [-0.05, 0) is 31.0 Å². The SMILES string of the molecule is O=C(CCCn1cccn1)N[C@@H]1CCN(C(=O)c2ccccc2)C[C@H]1O. The second-order valence-electron chi connectivity index (χ2n) is 6.52. The van der Waals surface area contributed by atoms with Crippen molar-refractivity contribution in [3.05, 3.63) is 54.4 Å². The summed E-state index contributed by atoms with van der Waals surface area (Å²) >= 11 is 0. The molecule has 7 heteroatoms. The van der Waals surface area contributed by atoms with Crippen molar-refractivity contribution >= 4 is 11.8 Å². The summed E-state index contributed by atoms with van der Waals surface area (Å²) in [6.45, 7) is 1.43. The number of nitrogens with one attached hydrogen (secondary N) is 1. The molecule has 0 bridgehead atoms. The molecule has 0 radical (unpaired) electrons. The zero-order valence-corrected chi connectivity index (χ0v) is 14.6. The topological polar surface area (TPSA) is 87.5 Å². The number of piperidine rings is 1. The average Bonchev–Trinajstić information content (AvgIpc) is 3.17. The van der Waals surface area contributed by atoms with E-state index < -0.39 is 6.10 Å². The maximum atomic E-state index is 12.4. The van der Waals surface area contributed by atoms with Crippen molar-refractivity contribution in [2.45, 2.75) is 38.0 Å². The van der Waals surface area contributed by atoms with Crippen LogP contribution in [0.25, 0.3) is 0 Å². The number of likely N-dealkylation sites (tertiary alicyclic amines) is 1. The number of amides is 2. The van der Waals surface area contributed by atoms with E-state index in [0.717, 1.165) is 0 Å². The number of nitrogens with zero attached hydrogens (tertiary/aromatic N) is 3. The van der Waals surface area contributed by atoms with Gasteiger partial charge in [-0.3, -0.25) is 14.3 Å². The number of carbonyl (C=O) groups excluding carboxylic acids is 2. The lowest BCUT2D eigenvalue weighted by atomic mass is 10.0. The van der Waals surface area contributed by atoms with Gasteiger partial charge in [0.05, 0.1) is 12.1 Å². The van der Waals surface area contributed by atoms with E-state index in [2.05, 4.69) is 10.4 Å². The normalized spacial score (nSPS) is 20.0. The zero-order valence-electron chi connectivity index (χ0n) is 14.6. The Balaban J connectivity index is 1.43. The Morgan fingerprint density at radius 1 is 1.23 bits per heavy atom. The first-order valence-electron chi connectivity index (χ1n) is 8.92. The smallest absolute Gasteiger partial charge is 0.253 e. The van der Waals surface area contributed by atoms with E-state index in [1.807, 2.05) is 30.5 Å². The van der Waals surface area contributed by atoms with Crippen LogP contribution in [0, 0.1) is 0 Å². The molecule has 1 aromatic heterocycles. The summed E-state index contributed by atoms with van der Waals surface area (Å²) in [6.07, 6.45) is 4.43. The number of aliphatic hydroxyl groups excluding tert-OH is 1. The van der Waals surface area contributed by atoms with Crippen LogP contribution >= 0.6 is 0 Å². The van der Waals surface area contributed by atoms with Gasteiger partial charge in [0.25, 0.3) is 5.91 Å². The maximum absolute atomic E-state index is 12.4.